The number of nitrogens with one attached hydrogen (secondary N) is 1. The summed E-state index contributed by atoms with van der Waals surface area (Å²) in [4.78, 5) is 44.1. The molecule has 5 aromatic rings. The molecule has 10 aliphatic rings. The molecule has 2 aromatic heterocycles. The van der Waals surface area contributed by atoms with Crippen LogP contribution in [0.1, 0.15) is 102 Å². The Morgan fingerprint density at radius 2 is 1.74 bits per heavy atom. The lowest BCUT2D eigenvalue weighted by molar-refractivity contribution is -0.359. The fourth-order valence-corrected chi connectivity index (χ4v) is 16.5. The maximum absolute atomic E-state index is 14.3. The van der Waals surface area contributed by atoms with Crippen molar-refractivity contribution in [3.05, 3.63) is 101 Å². The highest BCUT2D eigenvalue weighted by Gasteiger charge is 2.78. The number of hydrogen-bond donors (Lipinski definition) is 10. The van der Waals surface area contributed by atoms with Gasteiger partial charge in [-0.2, -0.15) is 0 Å². The van der Waals surface area contributed by atoms with Crippen LogP contribution in [-0.4, -0.2) is 132 Å². The van der Waals surface area contributed by atoms with E-state index in [0.717, 1.165) is 17.2 Å². The summed E-state index contributed by atoms with van der Waals surface area (Å²) in [6, 6.07) is 16.6. The van der Waals surface area contributed by atoms with Crippen LogP contribution in [0.2, 0.25) is 0 Å². The number of carbonyl (C=O) groups excluding carboxylic acids is 2. The normalized spacial score (nSPS) is 37.2. The van der Waals surface area contributed by atoms with Gasteiger partial charge in [0, 0.05) is 63.8 Å². The van der Waals surface area contributed by atoms with Gasteiger partial charge in [-0.3, -0.25) is 9.59 Å². The lowest BCUT2D eigenvalue weighted by Gasteiger charge is -2.57. The zero-order chi connectivity index (χ0) is 56.1. The zero-order valence-corrected chi connectivity index (χ0v) is 43.6. The van der Waals surface area contributed by atoms with Crippen molar-refractivity contribution in [1.29, 1.82) is 0 Å². The highest BCUT2D eigenvalue weighted by Crippen LogP contribution is 2.78. The number of carboxylic acids is 1. The quantitative estimate of drug-likeness (QED) is 0.0333. The van der Waals surface area contributed by atoms with E-state index in [-0.39, 0.29) is 74.2 Å². The van der Waals surface area contributed by atoms with E-state index in [0.29, 0.717) is 52.7 Å². The maximum atomic E-state index is 14.3. The molecule has 0 radical (unpaired) electrons. The summed E-state index contributed by atoms with van der Waals surface area (Å²) in [6.45, 7) is -1.37. The van der Waals surface area contributed by atoms with E-state index in [1.54, 1.807) is 18.3 Å². The Morgan fingerprint density at radius 1 is 0.926 bits per heavy atom. The van der Waals surface area contributed by atoms with E-state index in [4.69, 9.17) is 44.6 Å². The molecule has 9 heterocycles. The third-order valence-electron chi connectivity index (χ3n) is 20.0. The first-order valence-corrected chi connectivity index (χ1v) is 27.5. The van der Waals surface area contributed by atoms with Crippen LogP contribution < -0.4 is 35.2 Å². The van der Waals surface area contributed by atoms with Gasteiger partial charge in [0.25, 0.3) is 0 Å². The highest BCUT2D eigenvalue weighted by molar-refractivity contribution is 5.97. The third-order valence-corrected chi connectivity index (χ3v) is 20.0. The Balaban J connectivity index is 1.08. The number of rotatable bonds is 9. The standard InChI is InChI=1S/C60H60N4O17/c61-53(62)51-50-45(69)52(70)60(74)56(81-50)78-39-20-40-42(49-43-33-8-9-38(76-27-67)48(47(33)79-49)75-25-31(68)6-7-32(46(43)77-40)28-4-2-1-3-5-28)35(22-64-21-29-13-19-63-44(29)37(64)24-66)41(39)36-12-16-58(15-11-34(54(71)72)55(73)80-51)30(23-65)10-14-57(58)17-18-59(36,60)26-57/h1-5,8-9,13,19-21,23,30-32,34,36,43,45-46,49-53,56,63,66-70,74H,10,12,14,16-18,22,24-27,61-62H2,(H,71,72)/t30-,31+,32-,34-,36-,43+,45+,46-,49-,50-,51-,52-,56+,57-,58-,59-,60+/m0/s1. The largest absolute Gasteiger partial charge is 0.487 e. The lowest BCUT2D eigenvalue weighted by Crippen LogP contribution is -2.76. The van der Waals surface area contributed by atoms with E-state index >= 15 is 0 Å². The second kappa shape index (κ2) is 18.7. The number of esters is 1. The minimum absolute atomic E-state index is 0.0122. The molecule has 21 nitrogen and oxygen atoms in total. The number of aromatic nitrogens is 2. The molecule has 7 aliphatic heterocycles. The smallest absolute Gasteiger partial charge is 0.333 e. The van der Waals surface area contributed by atoms with E-state index in [2.05, 4.69) is 28.7 Å². The molecule has 0 unspecified atom stereocenters. The minimum atomic E-state index is -2.51. The zero-order valence-electron chi connectivity index (χ0n) is 43.6. The maximum Gasteiger partial charge on any atom is 0.333 e. The number of aliphatic hydroxyl groups is 6. The molecule has 0 amide bonds. The fourth-order valence-electron chi connectivity index (χ4n) is 16.5. The number of H-pyrrole nitrogens is 1. The van der Waals surface area contributed by atoms with Gasteiger partial charge in [-0.15, -0.1) is 0 Å². The molecule has 2 spiro atoms. The van der Waals surface area contributed by atoms with Crippen molar-refractivity contribution >= 4 is 29.1 Å². The molecule has 15 rings (SSSR count). The Morgan fingerprint density at radius 3 is 2.51 bits per heavy atom. The topological polar surface area (TPSA) is 330 Å². The van der Waals surface area contributed by atoms with Gasteiger partial charge in [0.2, 0.25) is 18.0 Å². The molecule has 17 atom stereocenters. The van der Waals surface area contributed by atoms with Gasteiger partial charge in [-0.1, -0.05) is 60.1 Å². The van der Waals surface area contributed by atoms with Crippen molar-refractivity contribution in [2.75, 3.05) is 13.4 Å². The summed E-state index contributed by atoms with van der Waals surface area (Å²) >= 11 is 0. The number of nitrogens with zero attached hydrogens (tertiary/aromatic N) is 1. The molecule has 3 aromatic carbocycles. The molecule has 422 valence electrons. The Hall–Kier alpha value is -7.15. The van der Waals surface area contributed by atoms with Gasteiger partial charge in [0.15, 0.2) is 30.0 Å². The van der Waals surface area contributed by atoms with Crippen LogP contribution in [0.5, 0.6) is 28.7 Å². The number of carbonyl (C=O) groups is 3. The Labute approximate surface area is 463 Å². The highest BCUT2D eigenvalue weighted by atomic mass is 16.7. The molecular formula is C60H60N4O17. The minimum Gasteiger partial charge on any atom is -0.487 e. The van der Waals surface area contributed by atoms with Crippen LogP contribution in [0.25, 0.3) is 10.9 Å². The number of aromatic amines is 1. The van der Waals surface area contributed by atoms with E-state index < -0.39 is 125 Å². The average molecular weight is 1110 g/mol. The summed E-state index contributed by atoms with van der Waals surface area (Å²) in [5.74, 6) is 5.18. The Kier molecular flexibility index (Phi) is 12.0. The van der Waals surface area contributed by atoms with Crippen LogP contribution >= 0.6 is 0 Å². The van der Waals surface area contributed by atoms with Crippen molar-refractivity contribution < 1.29 is 83.3 Å². The van der Waals surface area contributed by atoms with Gasteiger partial charge in [0.1, 0.15) is 61.0 Å². The molecule has 12 N–H and O–H groups in total. The van der Waals surface area contributed by atoms with Gasteiger partial charge < -0.3 is 94.7 Å². The van der Waals surface area contributed by atoms with E-state index in [1.165, 1.54) is 0 Å². The molecule has 1 saturated heterocycles. The first-order chi connectivity index (χ1) is 39.1. The molecule has 21 heteroatoms. The summed E-state index contributed by atoms with van der Waals surface area (Å²) in [7, 11) is 0. The van der Waals surface area contributed by atoms with Crippen molar-refractivity contribution in [1.82, 2.24) is 9.55 Å². The van der Waals surface area contributed by atoms with Crippen molar-refractivity contribution in [2.24, 2.45) is 39.5 Å². The second-order valence-corrected chi connectivity index (χ2v) is 23.4. The van der Waals surface area contributed by atoms with Gasteiger partial charge in [-0.25, -0.2) is 0 Å². The summed E-state index contributed by atoms with van der Waals surface area (Å²) in [5.41, 5.74) is 10.7. The van der Waals surface area contributed by atoms with Gasteiger partial charge in [-0.05, 0) is 79.5 Å². The number of benzene rings is 3. The molecule has 81 heavy (non-hydrogen) atoms. The second-order valence-electron chi connectivity index (χ2n) is 23.4. The third kappa shape index (κ3) is 7.17. The molecular weight excluding hydrogens is 1050 g/mol. The Bertz CT molecular complexity index is 3560. The predicted molar refractivity (Wildman–Crippen MR) is 280 cm³/mol. The molecule has 3 saturated carbocycles. The monoisotopic (exact) mass is 1110 g/mol. The SMILES string of the molecule is NC(N)[C@H]1OC(=O)[C@H](C(=O)O)C#C[C@@]23CC[C@H]4c5c(cc6c(c5Cn5cc7cc[nH]c7c5CO)[C@@H]5Oc7c8ccc(OCO)c7OC[C@H](O)C#C[C@@H](c7ccccc7)[C@H](O6)[C@@H]85)O[C@@H]5O[C@H]1[C@@H](O)[C@H](O)[C@]5(O)[C@]41CC[C@@]2(CC[C@H]3C=O)C1. The first-order valence-electron chi connectivity index (χ1n) is 27.5. The number of carboxylic acid groups (broad SMARTS) is 1. The number of nitrogens with two attached hydrogens (primary N) is 2. The number of hydrogen-bond acceptors (Lipinski definition) is 18. The number of aliphatic hydroxyl groups excluding tert-OH is 5. The first kappa shape index (κ1) is 52.0. The number of fused-ring (bicyclic) bond motifs is 10. The molecule has 10 bridgehead atoms. The van der Waals surface area contributed by atoms with Crippen LogP contribution in [0.4, 0.5) is 0 Å². The van der Waals surface area contributed by atoms with Crippen molar-refractivity contribution in [2.45, 2.75) is 137 Å². The van der Waals surface area contributed by atoms with E-state index in [1.807, 2.05) is 53.2 Å². The van der Waals surface area contributed by atoms with E-state index in [9.17, 15) is 50.1 Å². The summed E-state index contributed by atoms with van der Waals surface area (Å²) in [6.07, 6.45) is -8.38. The molecule has 3 aliphatic carbocycles. The van der Waals surface area contributed by atoms with Crippen LogP contribution in [0.3, 0.4) is 0 Å². The average Bonchev–Trinajstić information content (AvgIpc) is 3.51. The summed E-state index contributed by atoms with van der Waals surface area (Å²) < 4.78 is 48.5. The number of aliphatic carboxylic acids is 1. The van der Waals surface area contributed by atoms with Crippen molar-refractivity contribution in [3.8, 4) is 52.4 Å². The summed E-state index contributed by atoms with van der Waals surface area (Å²) in [5, 5.41) is 83.9. The molecule has 4 fully saturated rings. The number of ether oxygens (including phenoxy) is 7. The van der Waals surface area contributed by atoms with Crippen LogP contribution in [-0.2, 0) is 37.0 Å². The number of aldehydes is 1. The van der Waals surface area contributed by atoms with Crippen molar-refractivity contribution in [3.63, 3.8) is 0 Å². The van der Waals surface area contributed by atoms with Crippen LogP contribution in [0.15, 0.2) is 67.0 Å². The van der Waals surface area contributed by atoms with Gasteiger partial charge in [0.05, 0.1) is 35.8 Å². The lowest BCUT2D eigenvalue weighted by atomic mass is 9.55. The fraction of sp³-hybridized carbons (Fsp3) is 0.483. The van der Waals surface area contributed by atoms with Crippen LogP contribution in [0, 0.1) is 51.8 Å². The predicted octanol–water partition coefficient (Wildman–Crippen LogP) is 2.43. The van der Waals surface area contributed by atoms with Gasteiger partial charge >= 0.3 is 11.9 Å².